The molecular weight excluding hydrogens is 521 g/mol. The fraction of sp³-hybridized carbons (Fsp3) is 0.231. The molecule has 2 amide bonds. The summed E-state index contributed by atoms with van der Waals surface area (Å²) in [5, 5.41) is 15.3. The Kier molecular flexibility index (Phi) is 6.82. The van der Waals surface area contributed by atoms with Crippen LogP contribution < -0.4 is 15.5 Å². The fourth-order valence-electron chi connectivity index (χ4n) is 4.38. The maximum atomic E-state index is 13.6. The van der Waals surface area contributed by atoms with E-state index in [0.29, 0.717) is 21.3 Å². The van der Waals surface area contributed by atoms with Gasteiger partial charge in [0.15, 0.2) is 0 Å². The lowest BCUT2D eigenvalue weighted by Crippen LogP contribution is -2.44. The van der Waals surface area contributed by atoms with Crippen LogP contribution in [0.15, 0.2) is 70.9 Å². The number of amides is 2. The Bertz CT molecular complexity index is 1430. The second-order valence-corrected chi connectivity index (χ2v) is 10.1. The molecule has 3 aromatic rings. The summed E-state index contributed by atoms with van der Waals surface area (Å²) >= 11 is 19.0. The van der Waals surface area contributed by atoms with Crippen LogP contribution in [-0.4, -0.2) is 17.9 Å². The maximum absolute atomic E-state index is 13.6. The third-order valence-corrected chi connectivity index (χ3v) is 7.23. The van der Waals surface area contributed by atoms with E-state index in [1.165, 1.54) is 0 Å². The minimum Gasteiger partial charge on any atom is -0.365 e. The Hall–Kier alpha value is -3.22. The van der Waals surface area contributed by atoms with E-state index < -0.39 is 11.4 Å². The van der Waals surface area contributed by atoms with Gasteiger partial charge in [-0.25, -0.2) is 0 Å². The minimum absolute atomic E-state index is 0.116. The van der Waals surface area contributed by atoms with Gasteiger partial charge in [-0.2, -0.15) is 0 Å². The minimum atomic E-state index is -1.31. The highest BCUT2D eigenvalue weighted by Gasteiger charge is 2.48. The van der Waals surface area contributed by atoms with Gasteiger partial charge in [-0.1, -0.05) is 59.1 Å². The summed E-state index contributed by atoms with van der Waals surface area (Å²) in [5.41, 5.74) is 1.19. The van der Waals surface area contributed by atoms with Crippen LogP contribution in [0.25, 0.3) is 0 Å². The van der Waals surface area contributed by atoms with Crippen molar-refractivity contribution < 1.29 is 9.59 Å². The zero-order chi connectivity index (χ0) is 25.3. The molecule has 2 aliphatic rings. The molecule has 0 spiro atoms. The van der Waals surface area contributed by atoms with Crippen molar-refractivity contribution >= 4 is 58.0 Å². The smallest absolute Gasteiger partial charge is 0.362 e. The first-order valence-corrected chi connectivity index (χ1v) is 12.6. The third-order valence-electron chi connectivity index (χ3n) is 6.44. The number of rotatable bonds is 6. The van der Waals surface area contributed by atoms with E-state index in [-0.39, 0.29) is 34.6 Å². The number of hydrogen-bond donors (Lipinski definition) is 2. The van der Waals surface area contributed by atoms with E-state index in [2.05, 4.69) is 25.8 Å². The van der Waals surface area contributed by atoms with Crippen LogP contribution in [0.2, 0.25) is 15.1 Å². The highest BCUT2D eigenvalue weighted by atomic mass is 35.5. The highest BCUT2D eigenvalue weighted by molar-refractivity contribution is 6.34. The first kappa shape index (κ1) is 24.5. The predicted octanol–water partition coefficient (Wildman–Crippen LogP) is 6.81. The summed E-state index contributed by atoms with van der Waals surface area (Å²) in [6.07, 6.45) is 3.22. The van der Waals surface area contributed by atoms with Crippen LogP contribution in [0.4, 0.5) is 11.4 Å². The Morgan fingerprint density at radius 2 is 1.83 bits per heavy atom. The normalized spacial score (nSPS) is 18.5. The van der Waals surface area contributed by atoms with Crippen LogP contribution in [-0.2, 0) is 16.8 Å². The number of anilines is 2. The van der Waals surface area contributed by atoms with Gasteiger partial charge in [-0.05, 0) is 61.2 Å². The maximum Gasteiger partial charge on any atom is 0.362 e. The lowest BCUT2D eigenvalue weighted by Gasteiger charge is -2.31. The molecule has 10 heteroatoms. The van der Waals surface area contributed by atoms with Gasteiger partial charge in [-0.15, -0.1) is 0 Å². The number of fused-ring (bicyclic) bond motifs is 1. The lowest BCUT2D eigenvalue weighted by atomic mass is 9.84. The van der Waals surface area contributed by atoms with Gasteiger partial charge in [0.05, 0.1) is 16.3 Å². The second-order valence-electron chi connectivity index (χ2n) is 8.84. The molecule has 0 aromatic heterocycles. The van der Waals surface area contributed by atoms with Crippen molar-refractivity contribution in [1.29, 1.82) is 0 Å². The first-order valence-electron chi connectivity index (χ1n) is 11.4. The topological polar surface area (TPSA) is 97.0 Å². The SMILES string of the molecule is O=C(N=[N+]=NC1CCC1)c1cccc(Cl)c1NC1(Cc2cccc(Cl)c2)C(=O)Nc2cc(Cl)ccc21. The van der Waals surface area contributed by atoms with Gasteiger partial charge >= 0.3 is 5.91 Å². The van der Waals surface area contributed by atoms with Crippen molar-refractivity contribution in [2.75, 3.05) is 10.6 Å². The van der Waals surface area contributed by atoms with Gasteiger partial charge in [0.2, 0.25) is 10.0 Å². The van der Waals surface area contributed by atoms with E-state index in [0.717, 1.165) is 24.8 Å². The number of para-hydroxylation sites is 1. The van der Waals surface area contributed by atoms with Crippen LogP contribution in [0.1, 0.15) is 40.7 Å². The summed E-state index contributed by atoms with van der Waals surface area (Å²) in [4.78, 5) is 30.4. The standard InChI is InChI=1S/C26H20Cl3N5O2/c27-16-5-1-4-15(12-16)14-26(20-11-10-17(28)13-22(20)30-25(26)36)31-23-19(8-3-9-21(23)29)24(35)33-34-32-18-6-2-7-18/h1,3-5,8-13,18H,2,6-7,14H2,(H-,30,31,35,36)/p+1. The summed E-state index contributed by atoms with van der Waals surface area (Å²) in [5.74, 6) is -0.935. The number of carbonyl (C=O) groups is 2. The molecule has 1 atom stereocenters. The van der Waals surface area contributed by atoms with Crippen molar-refractivity contribution in [2.45, 2.75) is 37.3 Å². The van der Waals surface area contributed by atoms with E-state index in [1.54, 1.807) is 48.5 Å². The molecule has 0 bridgehead atoms. The van der Waals surface area contributed by atoms with Crippen molar-refractivity contribution in [2.24, 2.45) is 10.2 Å². The van der Waals surface area contributed by atoms with Crippen LogP contribution in [0.5, 0.6) is 0 Å². The summed E-state index contributed by atoms with van der Waals surface area (Å²) in [6.45, 7) is 0. The molecule has 1 unspecified atom stereocenters. The Morgan fingerprint density at radius 1 is 1.06 bits per heavy atom. The van der Waals surface area contributed by atoms with Gasteiger partial charge < -0.3 is 10.6 Å². The van der Waals surface area contributed by atoms with Crippen LogP contribution >= 0.6 is 34.8 Å². The quantitative estimate of drug-likeness (QED) is 0.265. The van der Waals surface area contributed by atoms with Gasteiger partial charge in [0.1, 0.15) is 16.7 Å². The molecule has 1 heterocycles. The zero-order valence-corrected chi connectivity index (χ0v) is 21.2. The lowest BCUT2D eigenvalue weighted by molar-refractivity contribution is -0.119. The zero-order valence-electron chi connectivity index (χ0n) is 19.0. The molecule has 0 saturated heterocycles. The third kappa shape index (κ3) is 4.75. The number of nitrogens with zero attached hydrogens (tertiary/aromatic N) is 3. The molecule has 2 N–H and O–H groups in total. The predicted molar refractivity (Wildman–Crippen MR) is 141 cm³/mol. The number of hydrogen-bond acceptors (Lipinski definition) is 4. The molecule has 5 rings (SSSR count). The van der Waals surface area contributed by atoms with Crippen molar-refractivity contribution in [3.05, 3.63) is 92.4 Å². The molecular formula is C26H21Cl3N5O2+. The van der Waals surface area contributed by atoms with Gasteiger partial charge in [0, 0.05) is 27.7 Å². The van der Waals surface area contributed by atoms with E-state index >= 15 is 0 Å². The molecule has 182 valence electrons. The average Bonchev–Trinajstić information content (AvgIpc) is 3.06. The average molecular weight is 542 g/mol. The summed E-state index contributed by atoms with van der Waals surface area (Å²) in [7, 11) is 0. The molecule has 1 aliphatic heterocycles. The summed E-state index contributed by atoms with van der Waals surface area (Å²) < 4.78 is 0. The molecule has 7 nitrogen and oxygen atoms in total. The van der Waals surface area contributed by atoms with Gasteiger partial charge in [-0.3, -0.25) is 9.59 Å². The van der Waals surface area contributed by atoms with E-state index in [4.69, 9.17) is 34.8 Å². The largest absolute Gasteiger partial charge is 0.365 e. The highest BCUT2D eigenvalue weighted by Crippen LogP contribution is 2.44. The number of halogens is 3. The number of nitrogens with one attached hydrogen (secondary N) is 2. The fourth-order valence-corrected chi connectivity index (χ4v) is 4.99. The number of carbonyl (C=O) groups excluding carboxylic acids is 2. The molecule has 1 aliphatic carbocycles. The Morgan fingerprint density at radius 3 is 2.58 bits per heavy atom. The summed E-state index contributed by atoms with van der Waals surface area (Å²) in [6, 6.07) is 17.4. The first-order chi connectivity index (χ1) is 17.4. The van der Waals surface area contributed by atoms with E-state index in [1.807, 2.05) is 12.1 Å². The number of benzene rings is 3. The monoisotopic (exact) mass is 540 g/mol. The molecule has 0 radical (unpaired) electrons. The van der Waals surface area contributed by atoms with Crippen LogP contribution in [0.3, 0.4) is 0 Å². The molecule has 1 fully saturated rings. The second kappa shape index (κ2) is 10.0. The van der Waals surface area contributed by atoms with Crippen molar-refractivity contribution in [3.63, 3.8) is 0 Å². The Balaban J connectivity index is 1.59. The Labute approximate surface area is 222 Å². The molecule has 3 aromatic carbocycles. The molecule has 1 saturated carbocycles. The van der Waals surface area contributed by atoms with E-state index in [9.17, 15) is 9.59 Å². The van der Waals surface area contributed by atoms with Gasteiger partial charge in [0.25, 0.3) is 5.91 Å². The van der Waals surface area contributed by atoms with Crippen LogP contribution in [0, 0.1) is 0 Å². The van der Waals surface area contributed by atoms with Crippen molar-refractivity contribution in [3.8, 4) is 0 Å². The van der Waals surface area contributed by atoms with Crippen molar-refractivity contribution in [1.82, 2.24) is 4.91 Å². The molecule has 36 heavy (non-hydrogen) atoms.